The third-order valence-corrected chi connectivity index (χ3v) is 3.13. The van der Waals surface area contributed by atoms with Gasteiger partial charge in [0.15, 0.2) is 0 Å². The summed E-state index contributed by atoms with van der Waals surface area (Å²) in [6.45, 7) is 4.34. The van der Waals surface area contributed by atoms with Crippen LogP contribution in [0.2, 0.25) is 0 Å². The van der Waals surface area contributed by atoms with Gasteiger partial charge in [0, 0.05) is 6.92 Å². The fourth-order valence-corrected chi connectivity index (χ4v) is 2.34. The zero-order valence-electron chi connectivity index (χ0n) is 10.00. The van der Waals surface area contributed by atoms with Crippen molar-refractivity contribution >= 4 is 5.97 Å². The van der Waals surface area contributed by atoms with Crippen LogP contribution in [0, 0.1) is 18.3 Å². The minimum Gasteiger partial charge on any atom is -0.466 e. The Balaban J connectivity index is 2.19. The molecule has 0 aromatic rings. The van der Waals surface area contributed by atoms with Crippen molar-refractivity contribution in [3.8, 4) is 0 Å². The Morgan fingerprint density at radius 1 is 1.47 bits per heavy atom. The highest BCUT2D eigenvalue weighted by atomic mass is 16.5. The van der Waals surface area contributed by atoms with Gasteiger partial charge in [-0.05, 0) is 31.1 Å². The molecule has 2 atom stereocenters. The van der Waals surface area contributed by atoms with Gasteiger partial charge >= 0.3 is 5.97 Å². The van der Waals surface area contributed by atoms with Gasteiger partial charge in [0.05, 0.1) is 6.61 Å². The van der Waals surface area contributed by atoms with E-state index < -0.39 is 0 Å². The number of carbonyl (C=O) groups is 1. The van der Waals surface area contributed by atoms with Crippen LogP contribution in [0.3, 0.4) is 0 Å². The highest BCUT2D eigenvalue weighted by molar-refractivity contribution is 5.65. The summed E-state index contributed by atoms with van der Waals surface area (Å²) >= 11 is 0. The molecule has 1 saturated carbocycles. The molecule has 1 aliphatic rings. The first-order chi connectivity index (χ1) is 7.22. The van der Waals surface area contributed by atoms with Gasteiger partial charge in [0.25, 0.3) is 0 Å². The Kier molecular flexibility index (Phi) is 5.74. The third-order valence-electron chi connectivity index (χ3n) is 3.13. The number of esters is 1. The second kappa shape index (κ2) is 6.86. The molecule has 2 heteroatoms. The summed E-state index contributed by atoms with van der Waals surface area (Å²) in [5.74, 6) is 1.22. The fourth-order valence-electron chi connectivity index (χ4n) is 2.34. The van der Waals surface area contributed by atoms with Gasteiger partial charge in [0.1, 0.15) is 0 Å². The topological polar surface area (TPSA) is 26.3 Å². The monoisotopic (exact) mass is 211 g/mol. The van der Waals surface area contributed by atoms with Crippen LogP contribution in [0.15, 0.2) is 0 Å². The molecule has 0 aliphatic heterocycles. The van der Waals surface area contributed by atoms with Crippen molar-refractivity contribution < 1.29 is 9.53 Å². The van der Waals surface area contributed by atoms with Crippen molar-refractivity contribution in [3.05, 3.63) is 6.42 Å². The molecule has 2 unspecified atom stereocenters. The Morgan fingerprint density at radius 2 is 2.27 bits per heavy atom. The predicted molar refractivity (Wildman–Crippen MR) is 61.3 cm³/mol. The van der Waals surface area contributed by atoms with Crippen LogP contribution in [0.5, 0.6) is 0 Å². The third kappa shape index (κ3) is 5.19. The molecule has 15 heavy (non-hydrogen) atoms. The summed E-state index contributed by atoms with van der Waals surface area (Å²) in [5, 5.41) is 0. The van der Waals surface area contributed by atoms with Crippen molar-refractivity contribution in [1.29, 1.82) is 0 Å². The number of unbranched alkanes of at least 4 members (excludes halogenated alkanes) is 1. The molecule has 0 aromatic heterocycles. The molecule has 0 amide bonds. The van der Waals surface area contributed by atoms with E-state index in [0.717, 1.165) is 5.92 Å². The van der Waals surface area contributed by atoms with Crippen molar-refractivity contribution in [3.63, 3.8) is 0 Å². The van der Waals surface area contributed by atoms with Crippen LogP contribution >= 0.6 is 0 Å². The maximum Gasteiger partial charge on any atom is 0.302 e. The Hall–Kier alpha value is -0.530. The van der Waals surface area contributed by atoms with Crippen molar-refractivity contribution in [2.24, 2.45) is 11.8 Å². The molecule has 1 aliphatic carbocycles. The molecule has 87 valence electrons. The van der Waals surface area contributed by atoms with E-state index in [2.05, 4.69) is 13.3 Å². The molecule has 1 radical (unpaired) electrons. The van der Waals surface area contributed by atoms with Crippen LogP contribution < -0.4 is 0 Å². The van der Waals surface area contributed by atoms with E-state index in [1.54, 1.807) is 0 Å². The normalized spacial score (nSPS) is 26.3. The lowest BCUT2D eigenvalue weighted by atomic mass is 9.79. The van der Waals surface area contributed by atoms with Crippen LogP contribution in [0.1, 0.15) is 52.4 Å². The number of ether oxygens (including phenoxy) is 1. The zero-order chi connectivity index (χ0) is 11.1. The average molecular weight is 211 g/mol. The summed E-state index contributed by atoms with van der Waals surface area (Å²) < 4.78 is 5.08. The molecule has 0 bridgehead atoms. The van der Waals surface area contributed by atoms with Gasteiger partial charge in [-0.2, -0.15) is 0 Å². The molecule has 1 rings (SSSR count). The second-order valence-corrected chi connectivity index (χ2v) is 4.62. The van der Waals surface area contributed by atoms with E-state index in [4.69, 9.17) is 4.74 Å². The summed E-state index contributed by atoms with van der Waals surface area (Å²) in [5.41, 5.74) is 0. The van der Waals surface area contributed by atoms with E-state index in [9.17, 15) is 4.79 Å². The molecule has 0 saturated heterocycles. The number of carbonyl (C=O) groups excluding carboxylic acids is 1. The Labute approximate surface area is 93.4 Å². The van der Waals surface area contributed by atoms with E-state index in [1.807, 2.05) is 0 Å². The van der Waals surface area contributed by atoms with Gasteiger partial charge in [-0.25, -0.2) is 0 Å². The molecule has 0 N–H and O–H groups in total. The molecule has 0 heterocycles. The van der Waals surface area contributed by atoms with Crippen LogP contribution in [-0.2, 0) is 9.53 Å². The Morgan fingerprint density at radius 3 is 2.93 bits per heavy atom. The summed E-state index contributed by atoms with van der Waals surface area (Å²) in [6, 6.07) is 0. The zero-order valence-corrected chi connectivity index (χ0v) is 10.00. The minimum atomic E-state index is -0.144. The molecular formula is C13H23O2. The second-order valence-electron chi connectivity index (χ2n) is 4.62. The van der Waals surface area contributed by atoms with E-state index >= 15 is 0 Å². The number of rotatable bonds is 5. The van der Waals surface area contributed by atoms with Crippen molar-refractivity contribution in [1.82, 2.24) is 0 Å². The van der Waals surface area contributed by atoms with Crippen LogP contribution in [-0.4, -0.2) is 12.6 Å². The lowest BCUT2D eigenvalue weighted by Crippen LogP contribution is -2.21. The van der Waals surface area contributed by atoms with Crippen molar-refractivity contribution in [2.45, 2.75) is 52.4 Å². The minimum absolute atomic E-state index is 0.144. The lowest BCUT2D eigenvalue weighted by Gasteiger charge is -2.28. The predicted octanol–water partition coefficient (Wildman–Crippen LogP) is 3.36. The van der Waals surface area contributed by atoms with Gasteiger partial charge < -0.3 is 4.74 Å². The van der Waals surface area contributed by atoms with E-state index in [-0.39, 0.29) is 5.97 Å². The maximum atomic E-state index is 10.7. The smallest absolute Gasteiger partial charge is 0.302 e. The maximum absolute atomic E-state index is 10.7. The lowest BCUT2D eigenvalue weighted by molar-refractivity contribution is -0.142. The summed E-state index contributed by atoms with van der Waals surface area (Å²) in [6.07, 6.45) is 9.99. The molecule has 0 spiro atoms. The van der Waals surface area contributed by atoms with E-state index in [0.29, 0.717) is 12.5 Å². The molecular weight excluding hydrogens is 188 g/mol. The summed E-state index contributed by atoms with van der Waals surface area (Å²) in [7, 11) is 0. The number of hydrogen-bond acceptors (Lipinski definition) is 2. The van der Waals surface area contributed by atoms with E-state index in [1.165, 1.54) is 45.4 Å². The first-order valence-electron chi connectivity index (χ1n) is 6.19. The van der Waals surface area contributed by atoms with Crippen LogP contribution in [0.25, 0.3) is 0 Å². The fraction of sp³-hybridized carbons (Fsp3) is 0.846. The van der Waals surface area contributed by atoms with Gasteiger partial charge in [-0.1, -0.05) is 32.6 Å². The Bertz CT molecular complexity index is 189. The standard InChI is InChI=1S/C13H23O2/c1-3-4-6-12-7-5-8-13(9-12)10-15-11(2)14/h6,12-13H,3-5,7-10H2,1-2H3. The van der Waals surface area contributed by atoms with Gasteiger partial charge in [-0.15, -0.1) is 0 Å². The highest BCUT2D eigenvalue weighted by Gasteiger charge is 2.22. The van der Waals surface area contributed by atoms with Crippen LogP contribution in [0.4, 0.5) is 0 Å². The highest BCUT2D eigenvalue weighted by Crippen LogP contribution is 2.31. The first-order valence-corrected chi connectivity index (χ1v) is 6.19. The molecule has 2 nitrogen and oxygen atoms in total. The largest absolute Gasteiger partial charge is 0.466 e. The van der Waals surface area contributed by atoms with Gasteiger partial charge in [0.2, 0.25) is 0 Å². The van der Waals surface area contributed by atoms with Crippen molar-refractivity contribution in [2.75, 3.05) is 6.61 Å². The first kappa shape index (κ1) is 12.5. The quantitative estimate of drug-likeness (QED) is 0.652. The molecule has 1 fully saturated rings. The van der Waals surface area contributed by atoms with Gasteiger partial charge in [-0.3, -0.25) is 4.79 Å². The summed E-state index contributed by atoms with van der Waals surface area (Å²) in [4.78, 5) is 10.7. The molecule has 0 aromatic carbocycles. The SMILES string of the molecule is CCC[CH]C1CCCC(COC(C)=O)C1. The number of hydrogen-bond donors (Lipinski definition) is 0. The average Bonchev–Trinajstić information content (AvgIpc) is 2.24.